The molecule has 1 atom stereocenters. The summed E-state index contributed by atoms with van der Waals surface area (Å²) in [6, 6.07) is 7.46. The number of likely N-dealkylation sites (tertiary alicyclic amines) is 1. The van der Waals surface area contributed by atoms with Crippen molar-refractivity contribution >= 4 is 34.6 Å². The first kappa shape index (κ1) is 19.2. The van der Waals surface area contributed by atoms with Crippen molar-refractivity contribution in [3.8, 4) is 0 Å². The van der Waals surface area contributed by atoms with Gasteiger partial charge in [-0.05, 0) is 66.4 Å². The van der Waals surface area contributed by atoms with Gasteiger partial charge in [0.2, 0.25) is 0 Å². The zero-order valence-corrected chi connectivity index (χ0v) is 16.6. The number of hydrogen-bond acceptors (Lipinski definition) is 4. The Bertz CT molecular complexity index is 1030. The maximum Gasteiger partial charge on any atom is 0.322 e. The number of halogens is 1. The number of anilines is 2. The van der Waals surface area contributed by atoms with Crippen LogP contribution in [0.5, 0.6) is 0 Å². The Kier molecular flexibility index (Phi) is 5.35. The van der Waals surface area contributed by atoms with Crippen molar-refractivity contribution < 1.29 is 18.4 Å². The summed E-state index contributed by atoms with van der Waals surface area (Å²) in [5.74, 6) is -0.619. The van der Waals surface area contributed by atoms with Crippen LogP contribution in [0.4, 0.5) is 20.6 Å². The van der Waals surface area contributed by atoms with Gasteiger partial charge < -0.3 is 20.0 Å². The molecule has 1 aliphatic heterocycles. The molecule has 0 aliphatic carbocycles. The number of rotatable bonds is 4. The number of nitrogens with one attached hydrogen (secondary N) is 2. The SMILES string of the molecule is Cc1occc1C(=O)Nc1cc(NC(=O)N2CCCC2c2ccsc2)ccc1F. The van der Waals surface area contributed by atoms with Gasteiger partial charge in [0, 0.05) is 12.2 Å². The summed E-state index contributed by atoms with van der Waals surface area (Å²) < 4.78 is 19.3. The minimum absolute atomic E-state index is 0.00999. The molecule has 3 heterocycles. The van der Waals surface area contributed by atoms with Crippen LogP contribution in [0.3, 0.4) is 0 Å². The fourth-order valence-electron chi connectivity index (χ4n) is 3.53. The molecule has 0 saturated carbocycles. The van der Waals surface area contributed by atoms with Crippen LogP contribution in [0.2, 0.25) is 0 Å². The first-order valence-electron chi connectivity index (χ1n) is 9.27. The smallest absolute Gasteiger partial charge is 0.322 e. The van der Waals surface area contributed by atoms with E-state index in [9.17, 15) is 14.0 Å². The van der Waals surface area contributed by atoms with Gasteiger partial charge >= 0.3 is 6.03 Å². The molecule has 8 heteroatoms. The van der Waals surface area contributed by atoms with E-state index in [1.54, 1.807) is 23.2 Å². The standard InChI is InChI=1S/C21H20FN3O3S/c1-13-16(6-9-28-13)20(26)24-18-11-15(4-5-17(18)22)23-21(27)25-8-2-3-19(25)14-7-10-29-12-14/h4-7,9-12,19H,2-3,8H2,1H3,(H,23,27)(H,24,26). The molecule has 1 aliphatic rings. The van der Waals surface area contributed by atoms with Gasteiger partial charge in [0.05, 0.1) is 23.6 Å². The average molecular weight is 413 g/mol. The topological polar surface area (TPSA) is 74.6 Å². The molecule has 1 fully saturated rings. The molecule has 0 bridgehead atoms. The Hall–Kier alpha value is -3.13. The molecular weight excluding hydrogens is 393 g/mol. The maximum atomic E-state index is 14.2. The summed E-state index contributed by atoms with van der Waals surface area (Å²) in [5.41, 5.74) is 1.86. The number of amides is 3. The van der Waals surface area contributed by atoms with E-state index in [4.69, 9.17) is 4.42 Å². The monoisotopic (exact) mass is 413 g/mol. The van der Waals surface area contributed by atoms with Gasteiger partial charge in [0.25, 0.3) is 5.91 Å². The average Bonchev–Trinajstić information content (AvgIpc) is 3.44. The van der Waals surface area contributed by atoms with Crippen LogP contribution < -0.4 is 10.6 Å². The Balaban J connectivity index is 1.48. The van der Waals surface area contributed by atoms with Gasteiger partial charge in [0.15, 0.2) is 0 Å². The number of aryl methyl sites for hydroxylation is 1. The van der Waals surface area contributed by atoms with Crippen molar-refractivity contribution in [3.63, 3.8) is 0 Å². The zero-order chi connectivity index (χ0) is 20.4. The molecule has 150 valence electrons. The van der Waals surface area contributed by atoms with Crippen LogP contribution in [0.15, 0.2) is 51.8 Å². The summed E-state index contributed by atoms with van der Waals surface area (Å²) >= 11 is 1.61. The van der Waals surface area contributed by atoms with Crippen molar-refractivity contribution in [2.24, 2.45) is 0 Å². The van der Waals surface area contributed by atoms with Crippen LogP contribution in [-0.2, 0) is 0 Å². The highest BCUT2D eigenvalue weighted by Crippen LogP contribution is 2.33. The van der Waals surface area contributed by atoms with Crippen LogP contribution in [0, 0.1) is 12.7 Å². The predicted molar refractivity (Wildman–Crippen MR) is 110 cm³/mol. The Morgan fingerprint density at radius 1 is 1.24 bits per heavy atom. The van der Waals surface area contributed by atoms with Gasteiger partial charge in [-0.2, -0.15) is 11.3 Å². The third-order valence-electron chi connectivity index (χ3n) is 5.01. The molecule has 0 spiro atoms. The Labute approximate surface area is 171 Å². The lowest BCUT2D eigenvalue weighted by molar-refractivity contribution is 0.102. The minimum Gasteiger partial charge on any atom is -0.469 e. The third-order valence-corrected chi connectivity index (χ3v) is 5.71. The zero-order valence-electron chi connectivity index (χ0n) is 15.8. The molecule has 2 aromatic heterocycles. The van der Waals surface area contributed by atoms with Crippen molar-refractivity contribution in [2.45, 2.75) is 25.8 Å². The summed E-state index contributed by atoms with van der Waals surface area (Å²) in [4.78, 5) is 26.9. The van der Waals surface area contributed by atoms with E-state index >= 15 is 0 Å². The Morgan fingerprint density at radius 3 is 2.83 bits per heavy atom. The Morgan fingerprint density at radius 2 is 2.10 bits per heavy atom. The number of carbonyl (C=O) groups is 2. The second-order valence-electron chi connectivity index (χ2n) is 6.88. The van der Waals surface area contributed by atoms with E-state index in [0.29, 0.717) is 23.6 Å². The number of nitrogens with zero attached hydrogens (tertiary/aromatic N) is 1. The number of carbonyl (C=O) groups excluding carboxylic acids is 2. The molecule has 29 heavy (non-hydrogen) atoms. The van der Waals surface area contributed by atoms with E-state index in [-0.39, 0.29) is 17.8 Å². The van der Waals surface area contributed by atoms with E-state index in [0.717, 1.165) is 18.4 Å². The lowest BCUT2D eigenvalue weighted by Gasteiger charge is -2.24. The lowest BCUT2D eigenvalue weighted by Crippen LogP contribution is -2.34. The molecule has 1 aromatic carbocycles. The third kappa shape index (κ3) is 4.02. The molecule has 0 radical (unpaired) electrons. The number of urea groups is 1. The lowest BCUT2D eigenvalue weighted by atomic mass is 10.1. The quantitative estimate of drug-likeness (QED) is 0.601. The second kappa shape index (κ2) is 8.08. The predicted octanol–water partition coefficient (Wildman–Crippen LogP) is 5.41. The van der Waals surface area contributed by atoms with Crippen molar-refractivity contribution in [3.05, 3.63) is 70.1 Å². The van der Waals surface area contributed by atoms with Gasteiger partial charge in [0.1, 0.15) is 11.6 Å². The number of hydrogen-bond donors (Lipinski definition) is 2. The van der Waals surface area contributed by atoms with Crippen LogP contribution >= 0.6 is 11.3 Å². The van der Waals surface area contributed by atoms with Gasteiger partial charge in [-0.1, -0.05) is 0 Å². The van der Waals surface area contributed by atoms with Crippen molar-refractivity contribution in [1.82, 2.24) is 4.90 Å². The van der Waals surface area contributed by atoms with E-state index in [1.165, 1.54) is 30.5 Å². The highest BCUT2D eigenvalue weighted by molar-refractivity contribution is 7.08. The first-order chi connectivity index (χ1) is 14.0. The molecule has 2 N–H and O–H groups in total. The van der Waals surface area contributed by atoms with Gasteiger partial charge in [-0.15, -0.1) is 0 Å². The fourth-order valence-corrected chi connectivity index (χ4v) is 4.23. The second-order valence-corrected chi connectivity index (χ2v) is 7.66. The van der Waals surface area contributed by atoms with Gasteiger partial charge in [-0.25, -0.2) is 9.18 Å². The summed E-state index contributed by atoms with van der Waals surface area (Å²) in [6.07, 6.45) is 3.25. The molecule has 1 unspecified atom stereocenters. The number of furan rings is 1. The molecule has 3 aromatic rings. The van der Waals surface area contributed by atoms with Gasteiger partial charge in [-0.3, -0.25) is 4.79 Å². The largest absolute Gasteiger partial charge is 0.469 e. The molecule has 1 saturated heterocycles. The maximum absolute atomic E-state index is 14.2. The number of thiophene rings is 1. The van der Waals surface area contributed by atoms with E-state index in [1.807, 2.05) is 11.4 Å². The fraction of sp³-hybridized carbons (Fsp3) is 0.238. The summed E-state index contributed by atoms with van der Waals surface area (Å²) in [5, 5.41) is 9.40. The number of benzene rings is 1. The normalized spacial score (nSPS) is 16.1. The minimum atomic E-state index is -0.588. The summed E-state index contributed by atoms with van der Waals surface area (Å²) in [7, 11) is 0. The molecule has 3 amide bonds. The van der Waals surface area contributed by atoms with Crippen LogP contribution in [0.25, 0.3) is 0 Å². The van der Waals surface area contributed by atoms with E-state index < -0.39 is 11.7 Å². The first-order valence-corrected chi connectivity index (χ1v) is 10.2. The van der Waals surface area contributed by atoms with E-state index in [2.05, 4.69) is 16.0 Å². The molecule has 6 nitrogen and oxygen atoms in total. The highest BCUT2D eigenvalue weighted by atomic mass is 32.1. The van der Waals surface area contributed by atoms with Crippen LogP contribution in [0.1, 0.15) is 40.6 Å². The van der Waals surface area contributed by atoms with Crippen LogP contribution in [-0.4, -0.2) is 23.4 Å². The molecular formula is C21H20FN3O3S. The van der Waals surface area contributed by atoms with Crippen molar-refractivity contribution in [1.29, 1.82) is 0 Å². The van der Waals surface area contributed by atoms with Crippen molar-refractivity contribution in [2.75, 3.05) is 17.2 Å². The molecule has 4 rings (SSSR count). The summed E-state index contributed by atoms with van der Waals surface area (Å²) in [6.45, 7) is 2.32. The highest BCUT2D eigenvalue weighted by Gasteiger charge is 2.30.